The Hall–Kier alpha value is -0.380. The minimum atomic E-state index is -0.385. The first-order valence-corrected chi connectivity index (χ1v) is 5.60. The molecule has 0 radical (unpaired) electrons. The van der Waals surface area contributed by atoms with Crippen molar-refractivity contribution >= 4 is 0 Å². The second kappa shape index (κ2) is 3.89. The molecule has 0 spiro atoms. The van der Waals surface area contributed by atoms with Crippen LogP contribution in [-0.2, 0) is 9.47 Å². The molecule has 0 unspecified atom stereocenters. The Bertz CT molecular complexity index is 254. The number of hydrogen-bond donors (Lipinski definition) is 1. The third-order valence-electron chi connectivity index (χ3n) is 3.82. The van der Waals surface area contributed by atoms with Gasteiger partial charge in [0.05, 0.1) is 19.3 Å². The summed E-state index contributed by atoms with van der Waals surface area (Å²) in [5.74, 6) is 0.406. The van der Waals surface area contributed by atoms with Gasteiger partial charge < -0.3 is 14.6 Å². The van der Waals surface area contributed by atoms with Crippen LogP contribution >= 0.6 is 0 Å². The summed E-state index contributed by atoms with van der Waals surface area (Å²) in [4.78, 5) is 0. The summed E-state index contributed by atoms with van der Waals surface area (Å²) in [5, 5.41) is 9.99. The Kier molecular flexibility index (Phi) is 2.88. The highest BCUT2D eigenvalue weighted by molar-refractivity contribution is 5.17. The van der Waals surface area contributed by atoms with Gasteiger partial charge in [0.1, 0.15) is 0 Å². The molecule has 86 valence electrons. The van der Waals surface area contributed by atoms with Gasteiger partial charge in [-0.25, -0.2) is 0 Å². The Morgan fingerprint density at radius 1 is 1.40 bits per heavy atom. The Balaban J connectivity index is 2.00. The highest BCUT2D eigenvalue weighted by atomic mass is 16.7. The molecule has 3 heteroatoms. The Labute approximate surface area is 91.1 Å². The maximum Gasteiger partial charge on any atom is 0.158 e. The van der Waals surface area contributed by atoms with E-state index in [4.69, 9.17) is 9.47 Å². The highest BCUT2D eigenvalue weighted by Crippen LogP contribution is 2.47. The third-order valence-corrected chi connectivity index (χ3v) is 3.82. The average Bonchev–Trinajstić information content (AvgIpc) is 2.73. The highest BCUT2D eigenvalue weighted by Gasteiger charge is 2.45. The molecule has 15 heavy (non-hydrogen) atoms. The summed E-state index contributed by atoms with van der Waals surface area (Å²) in [6, 6.07) is 0. The van der Waals surface area contributed by atoms with E-state index < -0.39 is 0 Å². The maximum atomic E-state index is 9.99. The van der Waals surface area contributed by atoms with Crippen LogP contribution in [-0.4, -0.2) is 30.7 Å². The molecule has 0 aromatic carbocycles. The van der Waals surface area contributed by atoms with Gasteiger partial charge in [0.2, 0.25) is 0 Å². The molecule has 2 atom stereocenters. The van der Waals surface area contributed by atoms with Crippen LogP contribution in [0.1, 0.15) is 26.7 Å². The molecule has 1 saturated carbocycles. The molecule has 0 amide bonds. The van der Waals surface area contributed by atoms with Gasteiger partial charge in [0.15, 0.2) is 6.29 Å². The summed E-state index contributed by atoms with van der Waals surface area (Å²) < 4.78 is 10.9. The molecule has 1 N–H and O–H groups in total. The molecule has 0 aromatic rings. The standard InChI is InChI=1S/C12H20O3/c1-8-6-9(12(2,3)11(8)13)7-10-14-4-5-15-10/h9-11,13H,1,4-7H2,2-3H3/t9-,11+/m1/s1. The van der Waals surface area contributed by atoms with Gasteiger partial charge in [-0.3, -0.25) is 0 Å². The molecule has 3 nitrogen and oxygen atoms in total. The summed E-state index contributed by atoms with van der Waals surface area (Å²) in [6.45, 7) is 9.50. The normalized spacial score (nSPS) is 36.3. The Morgan fingerprint density at radius 3 is 2.47 bits per heavy atom. The molecule has 2 fully saturated rings. The second-order valence-corrected chi connectivity index (χ2v) is 5.19. The SMILES string of the molecule is C=C1C[C@H](CC2OCCO2)C(C)(C)[C@H]1O. The zero-order chi connectivity index (χ0) is 11.1. The van der Waals surface area contributed by atoms with Gasteiger partial charge in [0.25, 0.3) is 0 Å². The van der Waals surface area contributed by atoms with Crippen molar-refractivity contribution in [1.82, 2.24) is 0 Å². The average molecular weight is 212 g/mol. The lowest BCUT2D eigenvalue weighted by molar-refractivity contribution is -0.0705. The van der Waals surface area contributed by atoms with Crippen molar-refractivity contribution in [3.8, 4) is 0 Å². The van der Waals surface area contributed by atoms with E-state index in [9.17, 15) is 5.11 Å². The molecular weight excluding hydrogens is 192 g/mol. The van der Waals surface area contributed by atoms with Crippen LogP contribution < -0.4 is 0 Å². The molecule has 0 bridgehead atoms. The fraction of sp³-hybridized carbons (Fsp3) is 0.833. The zero-order valence-corrected chi connectivity index (χ0v) is 9.53. The van der Waals surface area contributed by atoms with Crippen molar-refractivity contribution in [3.05, 3.63) is 12.2 Å². The molecule has 2 aliphatic rings. The molecule has 1 aliphatic heterocycles. The van der Waals surface area contributed by atoms with Crippen LogP contribution in [0.5, 0.6) is 0 Å². The van der Waals surface area contributed by atoms with Gasteiger partial charge in [-0.15, -0.1) is 0 Å². The predicted molar refractivity (Wildman–Crippen MR) is 57.3 cm³/mol. The lowest BCUT2D eigenvalue weighted by atomic mass is 9.78. The molecule has 0 aromatic heterocycles. The van der Waals surface area contributed by atoms with Gasteiger partial charge >= 0.3 is 0 Å². The largest absolute Gasteiger partial charge is 0.388 e. The van der Waals surface area contributed by atoms with Crippen molar-refractivity contribution in [2.24, 2.45) is 11.3 Å². The van der Waals surface area contributed by atoms with Gasteiger partial charge in [-0.05, 0) is 23.3 Å². The minimum absolute atomic E-state index is 0.0765. The number of rotatable bonds is 2. The van der Waals surface area contributed by atoms with Crippen LogP contribution in [0.4, 0.5) is 0 Å². The monoisotopic (exact) mass is 212 g/mol. The first-order chi connectivity index (χ1) is 7.01. The third kappa shape index (κ3) is 1.96. The first kappa shape index (κ1) is 11.1. The van der Waals surface area contributed by atoms with Crippen molar-refractivity contribution < 1.29 is 14.6 Å². The zero-order valence-electron chi connectivity index (χ0n) is 9.53. The fourth-order valence-electron chi connectivity index (χ4n) is 2.60. The van der Waals surface area contributed by atoms with Crippen molar-refractivity contribution in [1.29, 1.82) is 0 Å². The number of ether oxygens (including phenoxy) is 2. The van der Waals surface area contributed by atoms with E-state index >= 15 is 0 Å². The van der Waals surface area contributed by atoms with Gasteiger partial charge in [-0.1, -0.05) is 20.4 Å². The lowest BCUT2D eigenvalue weighted by Crippen LogP contribution is -2.31. The first-order valence-electron chi connectivity index (χ1n) is 5.60. The van der Waals surface area contributed by atoms with E-state index in [1.165, 1.54) is 0 Å². The topological polar surface area (TPSA) is 38.7 Å². The quantitative estimate of drug-likeness (QED) is 0.708. The summed E-state index contributed by atoms with van der Waals surface area (Å²) in [6.07, 6.45) is 1.29. The van der Waals surface area contributed by atoms with E-state index in [-0.39, 0.29) is 17.8 Å². The van der Waals surface area contributed by atoms with E-state index in [1.807, 2.05) is 0 Å². The molecule has 1 heterocycles. The second-order valence-electron chi connectivity index (χ2n) is 5.19. The van der Waals surface area contributed by atoms with Crippen LogP contribution in [0.15, 0.2) is 12.2 Å². The summed E-state index contributed by atoms with van der Waals surface area (Å²) >= 11 is 0. The van der Waals surface area contributed by atoms with Crippen LogP contribution in [0, 0.1) is 11.3 Å². The number of aliphatic hydroxyl groups is 1. The maximum absolute atomic E-state index is 9.99. The van der Waals surface area contributed by atoms with E-state index in [0.29, 0.717) is 19.1 Å². The fourth-order valence-corrected chi connectivity index (χ4v) is 2.60. The molecule has 1 aliphatic carbocycles. The number of hydrogen-bond acceptors (Lipinski definition) is 3. The van der Waals surface area contributed by atoms with Crippen molar-refractivity contribution in [2.45, 2.75) is 39.1 Å². The van der Waals surface area contributed by atoms with Crippen molar-refractivity contribution in [3.63, 3.8) is 0 Å². The predicted octanol–water partition coefficient (Wildman–Crippen LogP) is 1.71. The van der Waals surface area contributed by atoms with E-state index in [2.05, 4.69) is 20.4 Å². The van der Waals surface area contributed by atoms with Crippen LogP contribution in [0.3, 0.4) is 0 Å². The summed E-state index contributed by atoms with van der Waals surface area (Å²) in [5.41, 5.74) is 0.842. The van der Waals surface area contributed by atoms with Crippen LogP contribution in [0.2, 0.25) is 0 Å². The van der Waals surface area contributed by atoms with Crippen molar-refractivity contribution in [2.75, 3.05) is 13.2 Å². The van der Waals surface area contributed by atoms with E-state index in [1.54, 1.807) is 0 Å². The number of aliphatic hydroxyl groups excluding tert-OH is 1. The van der Waals surface area contributed by atoms with Crippen LogP contribution in [0.25, 0.3) is 0 Å². The molecular formula is C12H20O3. The molecule has 2 rings (SSSR count). The summed E-state index contributed by atoms with van der Waals surface area (Å²) in [7, 11) is 0. The van der Waals surface area contributed by atoms with Gasteiger partial charge in [0, 0.05) is 6.42 Å². The van der Waals surface area contributed by atoms with Gasteiger partial charge in [-0.2, -0.15) is 0 Å². The Morgan fingerprint density at radius 2 is 2.00 bits per heavy atom. The van der Waals surface area contributed by atoms with E-state index in [0.717, 1.165) is 18.4 Å². The smallest absolute Gasteiger partial charge is 0.158 e. The molecule has 1 saturated heterocycles. The lowest BCUT2D eigenvalue weighted by Gasteiger charge is -2.30. The minimum Gasteiger partial charge on any atom is -0.388 e.